The molecular weight excluding hydrogens is 264 g/mol. The summed E-state index contributed by atoms with van der Waals surface area (Å²) in [6.07, 6.45) is 2.43. The standard InChI is InChI=1S/C13H18N2O5/c1-15-8-9(7-10(15)13(18)20-3)14-11(16)5-4-6-12(17)19-2/h7-8H,4-6H2,1-3H3,(H,14,16). The van der Waals surface area contributed by atoms with Crippen LogP contribution in [0, 0.1) is 0 Å². The van der Waals surface area contributed by atoms with Gasteiger partial charge in [0.1, 0.15) is 5.69 Å². The average molecular weight is 282 g/mol. The molecule has 0 spiro atoms. The van der Waals surface area contributed by atoms with Crippen molar-refractivity contribution >= 4 is 23.5 Å². The quantitative estimate of drug-likeness (QED) is 0.789. The zero-order valence-electron chi connectivity index (χ0n) is 11.8. The number of hydrogen-bond acceptors (Lipinski definition) is 5. The molecule has 0 aromatic carbocycles. The average Bonchev–Trinajstić information content (AvgIpc) is 2.78. The fraction of sp³-hybridized carbons (Fsp3) is 0.462. The van der Waals surface area contributed by atoms with Crippen molar-refractivity contribution in [1.29, 1.82) is 0 Å². The summed E-state index contributed by atoms with van der Waals surface area (Å²) < 4.78 is 10.7. The van der Waals surface area contributed by atoms with Gasteiger partial charge in [-0.1, -0.05) is 0 Å². The molecule has 0 aliphatic rings. The van der Waals surface area contributed by atoms with Crippen LogP contribution in [0.3, 0.4) is 0 Å². The van der Waals surface area contributed by atoms with Crippen molar-refractivity contribution in [3.05, 3.63) is 18.0 Å². The van der Waals surface area contributed by atoms with Crippen LogP contribution in [0.2, 0.25) is 0 Å². The fourth-order valence-electron chi connectivity index (χ4n) is 1.66. The van der Waals surface area contributed by atoms with Gasteiger partial charge in [-0.2, -0.15) is 0 Å². The van der Waals surface area contributed by atoms with Crippen molar-refractivity contribution in [2.75, 3.05) is 19.5 Å². The Morgan fingerprint density at radius 3 is 2.50 bits per heavy atom. The van der Waals surface area contributed by atoms with E-state index in [4.69, 9.17) is 0 Å². The Morgan fingerprint density at radius 2 is 1.90 bits per heavy atom. The highest BCUT2D eigenvalue weighted by Crippen LogP contribution is 2.14. The maximum Gasteiger partial charge on any atom is 0.354 e. The van der Waals surface area contributed by atoms with Gasteiger partial charge in [0.15, 0.2) is 0 Å². The molecule has 0 radical (unpaired) electrons. The first-order valence-electron chi connectivity index (χ1n) is 6.09. The normalized spacial score (nSPS) is 9.95. The third-order valence-electron chi connectivity index (χ3n) is 2.70. The lowest BCUT2D eigenvalue weighted by molar-refractivity contribution is -0.140. The van der Waals surface area contributed by atoms with E-state index in [1.807, 2.05) is 0 Å². The van der Waals surface area contributed by atoms with E-state index in [1.165, 1.54) is 20.3 Å². The molecule has 0 aliphatic heterocycles. The Morgan fingerprint density at radius 1 is 1.20 bits per heavy atom. The number of aryl methyl sites for hydroxylation is 1. The highest BCUT2D eigenvalue weighted by molar-refractivity contribution is 5.94. The number of anilines is 1. The minimum Gasteiger partial charge on any atom is -0.469 e. The maximum atomic E-state index is 11.7. The number of aromatic nitrogens is 1. The smallest absolute Gasteiger partial charge is 0.354 e. The van der Waals surface area contributed by atoms with Crippen LogP contribution in [0.15, 0.2) is 12.3 Å². The van der Waals surface area contributed by atoms with E-state index in [9.17, 15) is 14.4 Å². The first-order chi connectivity index (χ1) is 9.47. The predicted molar refractivity (Wildman–Crippen MR) is 71.2 cm³/mol. The number of rotatable bonds is 6. The number of nitrogens with zero attached hydrogens (tertiary/aromatic N) is 1. The number of amides is 1. The Bertz CT molecular complexity index is 507. The molecule has 0 bridgehead atoms. The van der Waals surface area contributed by atoms with Crippen molar-refractivity contribution in [3.63, 3.8) is 0 Å². The van der Waals surface area contributed by atoms with Crippen molar-refractivity contribution in [3.8, 4) is 0 Å². The number of carbonyl (C=O) groups excluding carboxylic acids is 3. The molecule has 0 aliphatic carbocycles. The molecule has 1 aromatic rings. The van der Waals surface area contributed by atoms with Crippen LogP contribution in [0.5, 0.6) is 0 Å². The van der Waals surface area contributed by atoms with Gasteiger partial charge in [-0.25, -0.2) is 4.79 Å². The number of esters is 2. The van der Waals surface area contributed by atoms with Crippen LogP contribution in [0.4, 0.5) is 5.69 Å². The molecule has 110 valence electrons. The second-order valence-electron chi connectivity index (χ2n) is 4.19. The fourth-order valence-corrected chi connectivity index (χ4v) is 1.66. The SMILES string of the molecule is COC(=O)CCCC(=O)Nc1cc(C(=O)OC)n(C)c1. The highest BCUT2D eigenvalue weighted by Gasteiger charge is 2.13. The molecule has 7 nitrogen and oxygen atoms in total. The van der Waals surface area contributed by atoms with Crippen molar-refractivity contribution in [1.82, 2.24) is 4.57 Å². The minimum absolute atomic E-state index is 0.201. The number of nitrogens with one attached hydrogen (secondary N) is 1. The van der Waals surface area contributed by atoms with Crippen molar-refractivity contribution < 1.29 is 23.9 Å². The Balaban J connectivity index is 2.50. The van der Waals surface area contributed by atoms with Gasteiger partial charge in [0.05, 0.1) is 19.9 Å². The number of ether oxygens (including phenoxy) is 2. The Hall–Kier alpha value is -2.31. The summed E-state index contributed by atoms with van der Waals surface area (Å²) in [5.41, 5.74) is 0.855. The van der Waals surface area contributed by atoms with E-state index in [-0.39, 0.29) is 24.7 Å². The molecule has 1 heterocycles. The second kappa shape index (κ2) is 7.32. The maximum absolute atomic E-state index is 11.7. The summed E-state index contributed by atoms with van der Waals surface area (Å²) in [5.74, 6) is -1.04. The molecule has 1 N–H and O–H groups in total. The third-order valence-corrected chi connectivity index (χ3v) is 2.70. The molecule has 0 saturated heterocycles. The Kier molecular flexibility index (Phi) is 5.76. The van der Waals surface area contributed by atoms with E-state index >= 15 is 0 Å². The van der Waals surface area contributed by atoms with Gasteiger partial charge >= 0.3 is 11.9 Å². The third kappa shape index (κ3) is 4.42. The van der Waals surface area contributed by atoms with Gasteiger partial charge in [-0.15, -0.1) is 0 Å². The van der Waals surface area contributed by atoms with Gasteiger partial charge in [0.2, 0.25) is 5.91 Å². The summed E-state index contributed by atoms with van der Waals surface area (Å²) in [6, 6.07) is 1.53. The van der Waals surface area contributed by atoms with Crippen LogP contribution < -0.4 is 5.32 Å². The van der Waals surface area contributed by atoms with Crippen LogP contribution in [0.1, 0.15) is 29.8 Å². The topological polar surface area (TPSA) is 86.6 Å². The lowest BCUT2D eigenvalue weighted by atomic mass is 10.2. The van der Waals surface area contributed by atoms with Crippen molar-refractivity contribution in [2.45, 2.75) is 19.3 Å². The van der Waals surface area contributed by atoms with E-state index in [1.54, 1.807) is 17.8 Å². The van der Waals surface area contributed by atoms with Gasteiger partial charge in [-0.05, 0) is 12.5 Å². The van der Waals surface area contributed by atoms with E-state index in [0.29, 0.717) is 17.8 Å². The second-order valence-corrected chi connectivity index (χ2v) is 4.19. The summed E-state index contributed by atoms with van der Waals surface area (Å²) >= 11 is 0. The largest absolute Gasteiger partial charge is 0.469 e. The molecule has 0 unspecified atom stereocenters. The highest BCUT2D eigenvalue weighted by atomic mass is 16.5. The van der Waals surface area contributed by atoms with Crippen LogP contribution in [-0.2, 0) is 26.1 Å². The molecule has 7 heteroatoms. The molecule has 20 heavy (non-hydrogen) atoms. The minimum atomic E-state index is -0.473. The molecule has 0 saturated carbocycles. The van der Waals surface area contributed by atoms with Gasteiger partial charge in [-0.3, -0.25) is 9.59 Å². The number of hydrogen-bond donors (Lipinski definition) is 1. The molecule has 1 amide bonds. The first-order valence-corrected chi connectivity index (χ1v) is 6.09. The zero-order valence-corrected chi connectivity index (χ0v) is 11.8. The summed E-state index contributed by atoms with van der Waals surface area (Å²) in [4.78, 5) is 34.0. The van der Waals surface area contributed by atoms with Gasteiger partial charge in [0.25, 0.3) is 0 Å². The van der Waals surface area contributed by atoms with Crippen LogP contribution in [0.25, 0.3) is 0 Å². The molecular formula is C13H18N2O5. The van der Waals surface area contributed by atoms with E-state index in [0.717, 1.165) is 0 Å². The Labute approximate surface area is 116 Å². The molecule has 1 aromatic heterocycles. The van der Waals surface area contributed by atoms with Crippen molar-refractivity contribution in [2.24, 2.45) is 7.05 Å². The van der Waals surface area contributed by atoms with Crippen LogP contribution in [-0.4, -0.2) is 36.6 Å². The van der Waals surface area contributed by atoms with Crippen LogP contribution >= 0.6 is 0 Å². The number of methoxy groups -OCH3 is 2. The molecule has 0 atom stereocenters. The van der Waals surface area contributed by atoms with E-state index < -0.39 is 5.97 Å². The zero-order chi connectivity index (χ0) is 15.1. The molecule has 0 fully saturated rings. The monoisotopic (exact) mass is 282 g/mol. The number of carbonyl (C=O) groups is 3. The summed E-state index contributed by atoms with van der Waals surface area (Å²) in [6.45, 7) is 0. The summed E-state index contributed by atoms with van der Waals surface area (Å²) in [5, 5.41) is 2.65. The lowest BCUT2D eigenvalue weighted by Crippen LogP contribution is -2.11. The predicted octanol–water partition coefficient (Wildman–Crippen LogP) is 1.09. The van der Waals surface area contributed by atoms with Gasteiger partial charge < -0.3 is 19.4 Å². The van der Waals surface area contributed by atoms with E-state index in [2.05, 4.69) is 14.8 Å². The van der Waals surface area contributed by atoms with Gasteiger partial charge in [0, 0.05) is 26.1 Å². The first kappa shape index (κ1) is 15.7. The summed E-state index contributed by atoms with van der Waals surface area (Å²) in [7, 11) is 4.28. The molecule has 1 rings (SSSR count). The lowest BCUT2D eigenvalue weighted by Gasteiger charge is -2.02.